The van der Waals surface area contributed by atoms with Gasteiger partial charge in [-0.25, -0.2) is 0 Å². The van der Waals surface area contributed by atoms with Crippen LogP contribution in [0.1, 0.15) is 16.2 Å². The second kappa shape index (κ2) is 8.11. The Kier molecular flexibility index (Phi) is 5.43. The van der Waals surface area contributed by atoms with Crippen LogP contribution >= 0.6 is 0 Å². The fourth-order valence-electron chi connectivity index (χ4n) is 2.35. The number of methoxy groups -OCH3 is 2. The summed E-state index contributed by atoms with van der Waals surface area (Å²) in [7, 11) is 3.10. The maximum Gasteiger partial charge on any atom is 0.316 e. The van der Waals surface area contributed by atoms with Crippen LogP contribution in [0.25, 0.3) is 11.4 Å². The van der Waals surface area contributed by atoms with Gasteiger partial charge in [0.2, 0.25) is 5.82 Å². The molecule has 134 valence electrons. The van der Waals surface area contributed by atoms with Gasteiger partial charge in [0.05, 0.1) is 14.2 Å². The highest BCUT2D eigenvalue weighted by molar-refractivity contribution is 5.89. The number of hydrogen-bond donors (Lipinski definition) is 1. The normalized spacial score (nSPS) is 10.4. The smallest absolute Gasteiger partial charge is 0.316 e. The monoisotopic (exact) mass is 354 g/mol. The van der Waals surface area contributed by atoms with Crippen LogP contribution in [0.15, 0.2) is 47.2 Å². The molecule has 8 heteroatoms. The molecule has 1 N–H and O–H groups in total. The number of benzene rings is 1. The van der Waals surface area contributed by atoms with E-state index in [0.717, 1.165) is 5.56 Å². The summed E-state index contributed by atoms with van der Waals surface area (Å²) in [5.41, 5.74) is 1.69. The van der Waals surface area contributed by atoms with Gasteiger partial charge >= 0.3 is 11.8 Å². The lowest BCUT2D eigenvalue weighted by atomic mass is 10.2. The SMILES string of the molecule is COc1ccc(-c2noc(C(=O)NCCc3cccnc3)n2)cc1OC. The fourth-order valence-corrected chi connectivity index (χ4v) is 2.35. The molecule has 2 heterocycles. The molecule has 0 aliphatic heterocycles. The van der Waals surface area contributed by atoms with Crippen LogP contribution in [0, 0.1) is 0 Å². The number of carbonyl (C=O) groups excluding carboxylic acids is 1. The number of ether oxygens (including phenoxy) is 2. The maximum absolute atomic E-state index is 12.1. The molecule has 0 saturated heterocycles. The zero-order chi connectivity index (χ0) is 18.4. The van der Waals surface area contributed by atoms with Crippen LogP contribution < -0.4 is 14.8 Å². The van der Waals surface area contributed by atoms with Crippen LogP contribution in [0.3, 0.4) is 0 Å². The lowest BCUT2D eigenvalue weighted by Crippen LogP contribution is -2.26. The molecule has 8 nitrogen and oxygen atoms in total. The summed E-state index contributed by atoms with van der Waals surface area (Å²) in [5, 5.41) is 6.60. The number of nitrogens with zero attached hydrogens (tertiary/aromatic N) is 3. The quantitative estimate of drug-likeness (QED) is 0.694. The van der Waals surface area contributed by atoms with Crippen LogP contribution in [0.5, 0.6) is 11.5 Å². The van der Waals surface area contributed by atoms with Gasteiger partial charge in [0, 0.05) is 24.5 Å². The van der Waals surface area contributed by atoms with Gasteiger partial charge in [0.1, 0.15) is 0 Å². The minimum atomic E-state index is -0.423. The summed E-state index contributed by atoms with van der Waals surface area (Å²) in [6.07, 6.45) is 4.13. The molecule has 0 aliphatic rings. The summed E-state index contributed by atoms with van der Waals surface area (Å²) in [6.45, 7) is 0.443. The van der Waals surface area contributed by atoms with Crippen molar-refractivity contribution in [2.45, 2.75) is 6.42 Å². The number of nitrogens with one attached hydrogen (secondary N) is 1. The van der Waals surface area contributed by atoms with E-state index in [1.165, 1.54) is 0 Å². The van der Waals surface area contributed by atoms with E-state index in [0.29, 0.717) is 35.9 Å². The van der Waals surface area contributed by atoms with E-state index in [4.69, 9.17) is 14.0 Å². The second-order valence-electron chi connectivity index (χ2n) is 5.36. The Bertz CT molecular complexity index is 880. The molecule has 1 aromatic carbocycles. The Morgan fingerprint density at radius 1 is 1.19 bits per heavy atom. The minimum absolute atomic E-state index is 0.0963. The first-order chi connectivity index (χ1) is 12.7. The van der Waals surface area contributed by atoms with Gasteiger partial charge in [-0.1, -0.05) is 11.2 Å². The third-order valence-corrected chi connectivity index (χ3v) is 3.68. The third kappa shape index (κ3) is 3.97. The molecule has 0 atom stereocenters. The van der Waals surface area contributed by atoms with Gasteiger partial charge in [0.25, 0.3) is 0 Å². The predicted octanol–water partition coefficient (Wildman–Crippen LogP) is 2.12. The van der Waals surface area contributed by atoms with Crippen molar-refractivity contribution in [3.8, 4) is 22.9 Å². The first-order valence-electron chi connectivity index (χ1n) is 7.94. The van der Waals surface area contributed by atoms with Crippen molar-refractivity contribution < 1.29 is 18.8 Å². The molecular formula is C18H18N4O4. The molecule has 0 saturated carbocycles. The van der Waals surface area contributed by atoms with E-state index in [2.05, 4.69) is 20.4 Å². The first-order valence-corrected chi connectivity index (χ1v) is 7.94. The van der Waals surface area contributed by atoms with Gasteiger partial charge in [-0.15, -0.1) is 0 Å². The highest BCUT2D eigenvalue weighted by atomic mass is 16.5. The molecule has 0 fully saturated rings. The summed E-state index contributed by atoms with van der Waals surface area (Å²) in [4.78, 5) is 20.3. The van der Waals surface area contributed by atoms with Crippen molar-refractivity contribution in [1.82, 2.24) is 20.4 Å². The first kappa shape index (κ1) is 17.4. The fraction of sp³-hybridized carbons (Fsp3) is 0.222. The van der Waals surface area contributed by atoms with Crippen molar-refractivity contribution in [3.63, 3.8) is 0 Å². The molecule has 0 aliphatic carbocycles. The predicted molar refractivity (Wildman–Crippen MR) is 93.1 cm³/mol. The van der Waals surface area contributed by atoms with Crippen molar-refractivity contribution in [1.29, 1.82) is 0 Å². The standard InChI is InChI=1S/C18H18N4O4/c1-24-14-6-5-13(10-15(14)25-2)16-21-18(26-22-16)17(23)20-9-7-12-4-3-8-19-11-12/h3-6,8,10-11H,7,9H2,1-2H3,(H,20,23). The summed E-state index contributed by atoms with van der Waals surface area (Å²) in [6, 6.07) is 9.01. The van der Waals surface area contributed by atoms with Crippen LogP contribution in [-0.2, 0) is 6.42 Å². The summed E-state index contributed by atoms with van der Waals surface area (Å²) >= 11 is 0. The molecule has 3 rings (SSSR count). The van der Waals surface area contributed by atoms with E-state index in [1.807, 2.05) is 12.1 Å². The average Bonchev–Trinajstić information content (AvgIpc) is 3.18. The third-order valence-electron chi connectivity index (χ3n) is 3.68. The van der Waals surface area contributed by atoms with Gasteiger partial charge in [-0.3, -0.25) is 9.78 Å². The maximum atomic E-state index is 12.1. The number of aromatic nitrogens is 3. The Morgan fingerprint density at radius 2 is 2.04 bits per heavy atom. The van der Waals surface area contributed by atoms with Crippen molar-refractivity contribution in [2.75, 3.05) is 20.8 Å². The molecule has 0 radical (unpaired) electrons. The zero-order valence-corrected chi connectivity index (χ0v) is 14.4. The van der Waals surface area contributed by atoms with Crippen molar-refractivity contribution >= 4 is 5.91 Å². The van der Waals surface area contributed by atoms with E-state index < -0.39 is 5.91 Å². The number of rotatable bonds is 7. The topological polar surface area (TPSA) is 99.4 Å². The lowest BCUT2D eigenvalue weighted by molar-refractivity contribution is 0.0910. The van der Waals surface area contributed by atoms with E-state index in [1.54, 1.807) is 44.8 Å². The van der Waals surface area contributed by atoms with Crippen LogP contribution in [-0.4, -0.2) is 41.8 Å². The van der Waals surface area contributed by atoms with E-state index in [9.17, 15) is 4.79 Å². The molecule has 2 aromatic heterocycles. The number of amides is 1. The van der Waals surface area contributed by atoms with Crippen LogP contribution in [0.4, 0.5) is 0 Å². The second-order valence-corrected chi connectivity index (χ2v) is 5.36. The molecule has 1 amide bonds. The number of carbonyl (C=O) groups is 1. The largest absolute Gasteiger partial charge is 0.493 e. The Hall–Kier alpha value is -3.42. The molecule has 0 spiro atoms. The van der Waals surface area contributed by atoms with Gasteiger partial charge < -0.3 is 19.3 Å². The van der Waals surface area contributed by atoms with Gasteiger partial charge in [-0.05, 0) is 36.2 Å². The van der Waals surface area contributed by atoms with E-state index in [-0.39, 0.29) is 5.89 Å². The number of hydrogen-bond acceptors (Lipinski definition) is 7. The Balaban J connectivity index is 1.64. The van der Waals surface area contributed by atoms with Gasteiger partial charge in [-0.2, -0.15) is 4.98 Å². The zero-order valence-electron chi connectivity index (χ0n) is 14.4. The van der Waals surface area contributed by atoms with Crippen molar-refractivity contribution in [3.05, 3.63) is 54.2 Å². The summed E-state index contributed by atoms with van der Waals surface area (Å²) in [5.74, 6) is 0.905. The highest BCUT2D eigenvalue weighted by Crippen LogP contribution is 2.31. The van der Waals surface area contributed by atoms with E-state index >= 15 is 0 Å². The molecule has 3 aromatic rings. The minimum Gasteiger partial charge on any atom is -0.493 e. The summed E-state index contributed by atoms with van der Waals surface area (Å²) < 4.78 is 15.5. The molecule has 26 heavy (non-hydrogen) atoms. The highest BCUT2D eigenvalue weighted by Gasteiger charge is 2.17. The average molecular weight is 354 g/mol. The molecule has 0 bridgehead atoms. The lowest BCUT2D eigenvalue weighted by Gasteiger charge is -2.07. The van der Waals surface area contributed by atoms with Gasteiger partial charge in [0.15, 0.2) is 11.5 Å². The van der Waals surface area contributed by atoms with Crippen molar-refractivity contribution in [2.24, 2.45) is 0 Å². The molecule has 0 unspecified atom stereocenters. The Labute approximate surface area is 150 Å². The Morgan fingerprint density at radius 3 is 2.77 bits per heavy atom. The van der Waals surface area contributed by atoms with Crippen LogP contribution in [0.2, 0.25) is 0 Å². The molecular weight excluding hydrogens is 336 g/mol. The number of pyridine rings is 1.